The summed E-state index contributed by atoms with van der Waals surface area (Å²) in [4.78, 5) is 4.59. The van der Waals surface area contributed by atoms with E-state index in [1.54, 1.807) is 0 Å². The minimum absolute atomic E-state index is 0.569. The van der Waals surface area contributed by atoms with Crippen LogP contribution in [0.4, 0.5) is 11.4 Å². The summed E-state index contributed by atoms with van der Waals surface area (Å²) in [5.41, 5.74) is 5.19. The van der Waals surface area contributed by atoms with Crippen molar-refractivity contribution in [2.75, 3.05) is 29.9 Å². The molecule has 0 radical (unpaired) electrons. The fourth-order valence-corrected chi connectivity index (χ4v) is 2.45. The lowest BCUT2D eigenvalue weighted by Gasteiger charge is -2.38. The maximum absolute atomic E-state index is 4.17. The number of hydrogen-bond donors (Lipinski definition) is 0. The van der Waals surface area contributed by atoms with E-state index in [4.69, 9.17) is 0 Å². The maximum Gasteiger partial charge on any atom is 0.0649 e. The van der Waals surface area contributed by atoms with E-state index in [-0.39, 0.29) is 0 Å². The van der Waals surface area contributed by atoms with Crippen molar-refractivity contribution in [2.45, 2.75) is 26.7 Å². The highest BCUT2D eigenvalue weighted by atomic mass is 15.3. The topological polar surface area (TPSA) is 6.48 Å². The molecule has 0 atom stereocenters. The molecule has 0 aliphatic carbocycles. The normalized spacial score (nSPS) is 15.5. The summed E-state index contributed by atoms with van der Waals surface area (Å²) in [6, 6.07) is 6.78. The highest BCUT2D eigenvalue weighted by molar-refractivity contribution is 5.77. The highest BCUT2D eigenvalue weighted by Crippen LogP contribution is 2.37. The Morgan fingerprint density at radius 1 is 1.29 bits per heavy atom. The SMILES string of the molecule is C=C1CN(C)c2ccc(C(C)C)cc2N1CC. The molecule has 1 aliphatic rings. The standard InChI is InChI=1S/C15H22N2/c1-6-17-12(4)10-16(5)14-8-7-13(11(2)3)9-15(14)17/h7-9,11H,4,6,10H2,1-3,5H3. The van der Waals surface area contributed by atoms with Gasteiger partial charge in [0, 0.05) is 19.3 Å². The zero-order valence-corrected chi connectivity index (χ0v) is 11.3. The molecule has 1 aromatic rings. The van der Waals surface area contributed by atoms with Crippen molar-refractivity contribution in [3.63, 3.8) is 0 Å². The van der Waals surface area contributed by atoms with E-state index in [9.17, 15) is 0 Å². The summed E-state index contributed by atoms with van der Waals surface area (Å²) in [6.45, 7) is 12.7. The molecule has 17 heavy (non-hydrogen) atoms. The van der Waals surface area contributed by atoms with E-state index in [1.165, 1.54) is 22.6 Å². The Bertz CT molecular complexity index is 435. The van der Waals surface area contributed by atoms with E-state index in [0.717, 1.165) is 13.1 Å². The van der Waals surface area contributed by atoms with Crippen LogP contribution in [0.15, 0.2) is 30.5 Å². The summed E-state index contributed by atoms with van der Waals surface area (Å²) < 4.78 is 0. The first kappa shape index (κ1) is 12.0. The van der Waals surface area contributed by atoms with Crippen LogP contribution in [-0.2, 0) is 0 Å². The lowest BCUT2D eigenvalue weighted by molar-refractivity contribution is 0.828. The second-order valence-corrected chi connectivity index (χ2v) is 5.07. The van der Waals surface area contributed by atoms with Crippen LogP contribution in [-0.4, -0.2) is 20.1 Å². The Balaban J connectivity index is 2.52. The maximum atomic E-state index is 4.17. The minimum atomic E-state index is 0.569. The summed E-state index contributed by atoms with van der Waals surface area (Å²) in [5.74, 6) is 0.569. The van der Waals surface area contributed by atoms with Gasteiger partial charge in [0.1, 0.15) is 0 Å². The second-order valence-electron chi connectivity index (χ2n) is 5.07. The Hall–Kier alpha value is -1.44. The van der Waals surface area contributed by atoms with Crippen molar-refractivity contribution >= 4 is 11.4 Å². The summed E-state index contributed by atoms with van der Waals surface area (Å²) >= 11 is 0. The summed E-state index contributed by atoms with van der Waals surface area (Å²) in [6.07, 6.45) is 0. The molecular weight excluding hydrogens is 208 g/mol. The molecular formula is C15H22N2. The Morgan fingerprint density at radius 2 is 2.00 bits per heavy atom. The predicted octanol–water partition coefficient (Wildman–Crippen LogP) is 3.60. The van der Waals surface area contributed by atoms with Gasteiger partial charge in [0.05, 0.1) is 17.9 Å². The van der Waals surface area contributed by atoms with Crippen LogP contribution in [0.5, 0.6) is 0 Å². The summed E-state index contributed by atoms with van der Waals surface area (Å²) in [5, 5.41) is 0. The van der Waals surface area contributed by atoms with Crippen molar-refractivity contribution in [3.8, 4) is 0 Å². The largest absolute Gasteiger partial charge is 0.367 e. The first-order valence-corrected chi connectivity index (χ1v) is 6.35. The van der Waals surface area contributed by atoms with Crippen molar-refractivity contribution in [2.24, 2.45) is 0 Å². The number of likely N-dealkylation sites (N-methyl/N-ethyl adjacent to an activating group) is 2. The predicted molar refractivity (Wildman–Crippen MR) is 76.0 cm³/mol. The van der Waals surface area contributed by atoms with Gasteiger partial charge in [-0.3, -0.25) is 0 Å². The number of benzene rings is 1. The number of rotatable bonds is 2. The van der Waals surface area contributed by atoms with Gasteiger partial charge in [0.15, 0.2) is 0 Å². The van der Waals surface area contributed by atoms with Crippen LogP contribution in [0, 0.1) is 0 Å². The lowest BCUT2D eigenvalue weighted by atomic mass is 10.00. The van der Waals surface area contributed by atoms with E-state index < -0.39 is 0 Å². The zero-order valence-electron chi connectivity index (χ0n) is 11.3. The fourth-order valence-electron chi connectivity index (χ4n) is 2.45. The molecule has 1 heterocycles. The van der Waals surface area contributed by atoms with E-state index in [2.05, 4.69) is 62.4 Å². The van der Waals surface area contributed by atoms with Crippen LogP contribution in [0.3, 0.4) is 0 Å². The molecule has 1 aliphatic heterocycles. The van der Waals surface area contributed by atoms with Gasteiger partial charge in [-0.2, -0.15) is 0 Å². The van der Waals surface area contributed by atoms with Gasteiger partial charge in [0.2, 0.25) is 0 Å². The molecule has 2 nitrogen and oxygen atoms in total. The van der Waals surface area contributed by atoms with E-state index >= 15 is 0 Å². The summed E-state index contributed by atoms with van der Waals surface area (Å²) in [7, 11) is 2.13. The van der Waals surface area contributed by atoms with Gasteiger partial charge in [-0.25, -0.2) is 0 Å². The molecule has 2 rings (SSSR count). The quantitative estimate of drug-likeness (QED) is 0.766. The van der Waals surface area contributed by atoms with Crippen LogP contribution in [0.2, 0.25) is 0 Å². The van der Waals surface area contributed by atoms with Gasteiger partial charge in [-0.1, -0.05) is 26.5 Å². The van der Waals surface area contributed by atoms with Gasteiger partial charge < -0.3 is 9.80 Å². The zero-order chi connectivity index (χ0) is 12.6. The molecule has 0 saturated heterocycles. The highest BCUT2D eigenvalue weighted by Gasteiger charge is 2.22. The van der Waals surface area contributed by atoms with Crippen LogP contribution >= 0.6 is 0 Å². The Kier molecular flexibility index (Phi) is 3.14. The molecule has 0 bridgehead atoms. The first-order chi connectivity index (χ1) is 8.04. The number of anilines is 2. The molecule has 92 valence electrons. The molecule has 0 aromatic heterocycles. The van der Waals surface area contributed by atoms with Gasteiger partial charge >= 0.3 is 0 Å². The monoisotopic (exact) mass is 230 g/mol. The van der Waals surface area contributed by atoms with Crippen molar-refractivity contribution < 1.29 is 0 Å². The third-order valence-electron chi connectivity index (χ3n) is 3.49. The average Bonchev–Trinajstić information content (AvgIpc) is 2.28. The third-order valence-corrected chi connectivity index (χ3v) is 3.49. The molecule has 0 unspecified atom stereocenters. The lowest BCUT2D eigenvalue weighted by Crippen LogP contribution is -2.36. The molecule has 0 spiro atoms. The van der Waals surface area contributed by atoms with Crippen LogP contribution in [0.1, 0.15) is 32.3 Å². The Morgan fingerprint density at radius 3 is 2.59 bits per heavy atom. The van der Waals surface area contributed by atoms with Gasteiger partial charge in [-0.05, 0) is 30.5 Å². The first-order valence-electron chi connectivity index (χ1n) is 6.35. The second kappa shape index (κ2) is 4.44. The molecule has 0 saturated carbocycles. The van der Waals surface area contributed by atoms with Crippen LogP contribution < -0.4 is 9.80 Å². The molecule has 0 N–H and O–H groups in total. The molecule has 0 amide bonds. The van der Waals surface area contributed by atoms with Crippen molar-refractivity contribution in [1.82, 2.24) is 0 Å². The number of nitrogens with zero attached hydrogens (tertiary/aromatic N) is 2. The van der Waals surface area contributed by atoms with Crippen molar-refractivity contribution in [1.29, 1.82) is 0 Å². The molecule has 1 aromatic carbocycles. The molecule has 2 heteroatoms. The number of hydrogen-bond acceptors (Lipinski definition) is 2. The van der Waals surface area contributed by atoms with Gasteiger partial charge in [-0.15, -0.1) is 0 Å². The van der Waals surface area contributed by atoms with Crippen LogP contribution in [0.25, 0.3) is 0 Å². The van der Waals surface area contributed by atoms with Crippen molar-refractivity contribution in [3.05, 3.63) is 36.0 Å². The third kappa shape index (κ3) is 2.04. The molecule has 0 fully saturated rings. The van der Waals surface area contributed by atoms with E-state index in [1.807, 2.05) is 0 Å². The average molecular weight is 230 g/mol. The fraction of sp³-hybridized carbons (Fsp3) is 0.467. The smallest absolute Gasteiger partial charge is 0.0649 e. The number of fused-ring (bicyclic) bond motifs is 1. The minimum Gasteiger partial charge on any atom is -0.367 e. The van der Waals surface area contributed by atoms with Gasteiger partial charge in [0.25, 0.3) is 0 Å². The van der Waals surface area contributed by atoms with E-state index in [0.29, 0.717) is 5.92 Å². The Labute approximate surface area is 105 Å².